The molecule has 0 saturated carbocycles. The average molecular weight is 406 g/mol. The molecule has 0 aliphatic carbocycles. The zero-order valence-electron chi connectivity index (χ0n) is 15.4. The van der Waals surface area contributed by atoms with Gasteiger partial charge in [0.25, 0.3) is 5.91 Å². The molecule has 27 heavy (non-hydrogen) atoms. The number of thiophene rings is 1. The highest BCUT2D eigenvalue weighted by atomic mass is 32.2. The fourth-order valence-corrected chi connectivity index (χ4v) is 6.15. The molecule has 144 valence electrons. The predicted octanol–water partition coefficient (Wildman–Crippen LogP) is 2.95. The van der Waals surface area contributed by atoms with Gasteiger partial charge in [-0.3, -0.25) is 4.79 Å². The van der Waals surface area contributed by atoms with Gasteiger partial charge in [0.2, 0.25) is 10.0 Å². The first-order chi connectivity index (χ1) is 12.8. The van der Waals surface area contributed by atoms with E-state index in [1.165, 1.54) is 11.3 Å². The summed E-state index contributed by atoms with van der Waals surface area (Å²) in [6, 6.07) is 8.86. The first-order valence-corrected chi connectivity index (χ1v) is 11.4. The Balaban J connectivity index is 1.53. The van der Waals surface area contributed by atoms with Crippen molar-refractivity contribution in [3.63, 3.8) is 0 Å². The van der Waals surface area contributed by atoms with E-state index in [1.807, 2.05) is 30.9 Å². The fourth-order valence-electron chi connectivity index (χ4n) is 3.76. The number of rotatable bonds is 2. The van der Waals surface area contributed by atoms with Gasteiger partial charge in [0, 0.05) is 23.9 Å². The lowest BCUT2D eigenvalue weighted by molar-refractivity contribution is 0.0663. The van der Waals surface area contributed by atoms with Crippen molar-refractivity contribution < 1.29 is 13.2 Å². The van der Waals surface area contributed by atoms with Crippen LogP contribution in [0.1, 0.15) is 33.0 Å². The minimum Gasteiger partial charge on any atom is -0.368 e. The van der Waals surface area contributed by atoms with Crippen molar-refractivity contribution in [3.05, 3.63) is 45.6 Å². The molecule has 1 fully saturated rings. The Bertz CT molecular complexity index is 964. The second-order valence-electron chi connectivity index (χ2n) is 7.24. The Kier molecular flexibility index (Phi) is 4.73. The van der Waals surface area contributed by atoms with E-state index in [-0.39, 0.29) is 16.7 Å². The van der Waals surface area contributed by atoms with Gasteiger partial charge in [-0.25, -0.2) is 8.42 Å². The van der Waals surface area contributed by atoms with Gasteiger partial charge in [-0.15, -0.1) is 11.3 Å². The first-order valence-electron chi connectivity index (χ1n) is 9.09. The number of carbonyl (C=O) groups is 1. The molecule has 3 heterocycles. The van der Waals surface area contributed by atoms with Gasteiger partial charge in [0.15, 0.2) is 0 Å². The standard InChI is InChI=1S/C19H23N3O3S2/c1-12-10-16(26-13(12)2)19(23)22-9-5-6-14(11-22)18-20-15-7-3-4-8-17(15)27(24,25)21-18/h3-4,7-8,10,14,18,20-21H,5-6,9,11H2,1-2H3. The Morgan fingerprint density at radius 3 is 2.78 bits per heavy atom. The second-order valence-corrected chi connectivity index (χ2v) is 10.2. The molecule has 1 aromatic heterocycles. The zero-order chi connectivity index (χ0) is 19.2. The molecule has 2 aliphatic heterocycles. The summed E-state index contributed by atoms with van der Waals surface area (Å²) in [6.07, 6.45) is 1.32. The monoisotopic (exact) mass is 405 g/mol. The molecule has 4 rings (SSSR count). The van der Waals surface area contributed by atoms with E-state index in [1.54, 1.807) is 18.2 Å². The van der Waals surface area contributed by atoms with Gasteiger partial charge in [-0.1, -0.05) is 12.1 Å². The summed E-state index contributed by atoms with van der Waals surface area (Å²) in [5.41, 5.74) is 1.75. The van der Waals surface area contributed by atoms with Crippen LogP contribution >= 0.6 is 11.3 Å². The Labute approximate surface area is 163 Å². The van der Waals surface area contributed by atoms with Gasteiger partial charge >= 0.3 is 0 Å². The van der Waals surface area contributed by atoms with E-state index in [0.717, 1.165) is 28.2 Å². The Morgan fingerprint density at radius 2 is 2.04 bits per heavy atom. The lowest BCUT2D eigenvalue weighted by Crippen LogP contribution is -2.54. The number of hydrogen-bond donors (Lipinski definition) is 2. The summed E-state index contributed by atoms with van der Waals surface area (Å²) >= 11 is 1.53. The van der Waals surface area contributed by atoms with Crippen LogP contribution in [0.2, 0.25) is 0 Å². The number of sulfonamides is 1. The summed E-state index contributed by atoms with van der Waals surface area (Å²) in [4.78, 5) is 16.9. The molecule has 8 heteroatoms. The summed E-state index contributed by atoms with van der Waals surface area (Å²) < 4.78 is 27.9. The van der Waals surface area contributed by atoms with E-state index >= 15 is 0 Å². The second kappa shape index (κ2) is 6.92. The molecule has 6 nitrogen and oxygen atoms in total. The normalized spacial score (nSPS) is 24.1. The van der Waals surface area contributed by atoms with E-state index in [0.29, 0.717) is 18.8 Å². The largest absolute Gasteiger partial charge is 0.368 e. The topological polar surface area (TPSA) is 78.5 Å². The minimum atomic E-state index is -3.55. The van der Waals surface area contributed by atoms with E-state index < -0.39 is 16.2 Å². The number of amides is 1. The van der Waals surface area contributed by atoms with Crippen LogP contribution in [0.25, 0.3) is 0 Å². The van der Waals surface area contributed by atoms with Crippen LogP contribution in [0.15, 0.2) is 35.2 Å². The van der Waals surface area contributed by atoms with Crippen molar-refractivity contribution in [3.8, 4) is 0 Å². The van der Waals surface area contributed by atoms with Crippen molar-refractivity contribution in [2.45, 2.75) is 37.8 Å². The van der Waals surface area contributed by atoms with Gasteiger partial charge in [-0.2, -0.15) is 4.72 Å². The molecule has 0 radical (unpaired) electrons. The molecule has 2 N–H and O–H groups in total. The number of benzene rings is 1. The first kappa shape index (κ1) is 18.5. The van der Waals surface area contributed by atoms with Crippen LogP contribution in [0, 0.1) is 19.8 Å². The molecule has 1 amide bonds. The molecule has 0 bridgehead atoms. The molecular formula is C19H23N3O3S2. The number of aryl methyl sites for hydroxylation is 2. The molecule has 0 spiro atoms. The summed E-state index contributed by atoms with van der Waals surface area (Å²) in [6.45, 7) is 5.28. The SMILES string of the molecule is Cc1cc(C(=O)N2CCCC(C3Nc4ccccc4S(=O)(=O)N3)C2)sc1C. The third-order valence-corrected chi connectivity index (χ3v) is 8.00. The smallest absolute Gasteiger partial charge is 0.263 e. The van der Waals surface area contributed by atoms with Crippen molar-refractivity contribution >= 4 is 33.0 Å². The summed E-state index contributed by atoms with van der Waals surface area (Å²) in [7, 11) is -3.55. The molecule has 2 aliphatic rings. The van der Waals surface area contributed by atoms with Crippen molar-refractivity contribution in [1.29, 1.82) is 0 Å². The molecule has 2 aromatic rings. The number of likely N-dealkylation sites (tertiary alicyclic amines) is 1. The van der Waals surface area contributed by atoms with Crippen LogP contribution in [-0.4, -0.2) is 38.5 Å². The minimum absolute atomic E-state index is 0.0213. The maximum absolute atomic E-state index is 12.9. The summed E-state index contributed by atoms with van der Waals surface area (Å²) in [5, 5.41) is 3.31. The van der Waals surface area contributed by atoms with E-state index in [2.05, 4.69) is 10.0 Å². The average Bonchev–Trinajstić information content (AvgIpc) is 2.99. The maximum Gasteiger partial charge on any atom is 0.263 e. The highest BCUT2D eigenvalue weighted by Gasteiger charge is 2.36. The maximum atomic E-state index is 12.9. The third-order valence-electron chi connectivity index (χ3n) is 5.36. The number of nitrogens with one attached hydrogen (secondary N) is 2. The van der Waals surface area contributed by atoms with E-state index in [4.69, 9.17) is 0 Å². The van der Waals surface area contributed by atoms with Gasteiger partial charge in [0.05, 0.1) is 16.7 Å². The molecule has 1 saturated heterocycles. The number of piperidine rings is 1. The highest BCUT2D eigenvalue weighted by molar-refractivity contribution is 7.89. The van der Waals surface area contributed by atoms with Crippen molar-refractivity contribution in [1.82, 2.24) is 9.62 Å². The predicted molar refractivity (Wildman–Crippen MR) is 107 cm³/mol. The highest BCUT2D eigenvalue weighted by Crippen LogP contribution is 2.31. The van der Waals surface area contributed by atoms with Crippen LogP contribution < -0.4 is 10.0 Å². The van der Waals surface area contributed by atoms with Crippen molar-refractivity contribution in [2.75, 3.05) is 18.4 Å². The number of anilines is 1. The summed E-state index contributed by atoms with van der Waals surface area (Å²) in [5.74, 6) is 0.0629. The molecule has 2 unspecified atom stereocenters. The Hall–Kier alpha value is -1.90. The third kappa shape index (κ3) is 3.49. The van der Waals surface area contributed by atoms with Gasteiger partial charge in [-0.05, 0) is 50.5 Å². The number of carbonyl (C=O) groups excluding carboxylic acids is 1. The van der Waals surface area contributed by atoms with Crippen LogP contribution in [0.3, 0.4) is 0 Å². The number of hydrogen-bond acceptors (Lipinski definition) is 5. The van der Waals surface area contributed by atoms with Crippen molar-refractivity contribution in [2.24, 2.45) is 5.92 Å². The number of nitrogens with zero attached hydrogens (tertiary/aromatic N) is 1. The molecule has 2 atom stereocenters. The van der Waals surface area contributed by atoms with Gasteiger partial charge in [0.1, 0.15) is 4.90 Å². The number of para-hydroxylation sites is 1. The van der Waals surface area contributed by atoms with Gasteiger partial charge < -0.3 is 10.2 Å². The van der Waals surface area contributed by atoms with E-state index in [9.17, 15) is 13.2 Å². The lowest BCUT2D eigenvalue weighted by atomic mass is 9.94. The zero-order valence-corrected chi connectivity index (χ0v) is 17.0. The van der Waals surface area contributed by atoms with Crippen LogP contribution in [0.4, 0.5) is 5.69 Å². The number of fused-ring (bicyclic) bond motifs is 1. The quantitative estimate of drug-likeness (QED) is 0.805. The lowest BCUT2D eigenvalue weighted by Gasteiger charge is -2.39. The van der Waals surface area contributed by atoms with Crippen LogP contribution in [-0.2, 0) is 10.0 Å². The van der Waals surface area contributed by atoms with Crippen LogP contribution in [0.5, 0.6) is 0 Å². The molecule has 1 aromatic carbocycles. The Morgan fingerprint density at radius 1 is 1.26 bits per heavy atom. The molecular weight excluding hydrogens is 382 g/mol. The fraction of sp³-hybridized carbons (Fsp3) is 0.421.